The molecule has 3 aromatic rings. The van der Waals surface area contributed by atoms with Crippen LogP contribution >= 0.6 is 0 Å². The Morgan fingerprint density at radius 1 is 1.00 bits per heavy atom. The van der Waals surface area contributed by atoms with Crippen molar-refractivity contribution >= 4 is 17.4 Å². The maximum atomic E-state index is 13.1. The maximum Gasteiger partial charge on any atom is 0.418 e. The van der Waals surface area contributed by atoms with Crippen LogP contribution in [0, 0.1) is 0 Å². The van der Waals surface area contributed by atoms with Gasteiger partial charge in [0.25, 0.3) is 5.91 Å². The molecule has 3 rings (SSSR count). The van der Waals surface area contributed by atoms with Gasteiger partial charge in [0.1, 0.15) is 5.82 Å². The quantitative estimate of drug-likeness (QED) is 0.673. The number of benzene rings is 2. The number of nitrogens with one attached hydrogen (secondary N) is 1. The Kier molecular flexibility index (Phi) is 5.63. The van der Waals surface area contributed by atoms with Gasteiger partial charge in [-0.15, -0.1) is 0 Å². The molecule has 2 aromatic carbocycles. The van der Waals surface area contributed by atoms with Crippen molar-refractivity contribution in [2.24, 2.45) is 0 Å². The number of anilines is 2. The third-order valence-corrected chi connectivity index (χ3v) is 4.14. The van der Waals surface area contributed by atoms with Crippen LogP contribution in [0.15, 0.2) is 72.9 Å². The van der Waals surface area contributed by atoms with Gasteiger partial charge >= 0.3 is 6.18 Å². The summed E-state index contributed by atoms with van der Waals surface area (Å²) in [5.74, 6) is -0.00226. The second kappa shape index (κ2) is 8.12. The number of para-hydroxylation sites is 1. The lowest BCUT2D eigenvalue weighted by atomic mass is 10.1. The van der Waals surface area contributed by atoms with Gasteiger partial charge in [-0.1, -0.05) is 42.5 Å². The summed E-state index contributed by atoms with van der Waals surface area (Å²) in [4.78, 5) is 18.5. The van der Waals surface area contributed by atoms with E-state index in [1.807, 2.05) is 42.3 Å². The van der Waals surface area contributed by atoms with E-state index in [1.165, 1.54) is 30.5 Å². The van der Waals surface area contributed by atoms with E-state index in [9.17, 15) is 18.0 Å². The minimum absolute atomic E-state index is 0.175. The van der Waals surface area contributed by atoms with E-state index in [1.54, 1.807) is 6.07 Å². The zero-order chi connectivity index (χ0) is 20.1. The molecule has 0 saturated carbocycles. The molecule has 1 aromatic heterocycles. The van der Waals surface area contributed by atoms with Crippen LogP contribution in [-0.2, 0) is 12.7 Å². The van der Waals surface area contributed by atoms with Crippen molar-refractivity contribution in [3.8, 4) is 0 Å². The number of nitrogens with zero attached hydrogens (tertiary/aromatic N) is 2. The zero-order valence-corrected chi connectivity index (χ0v) is 15.1. The number of pyridine rings is 1. The summed E-state index contributed by atoms with van der Waals surface area (Å²) in [6.45, 7) is 0.637. The number of hydrogen-bond acceptors (Lipinski definition) is 3. The number of carbonyl (C=O) groups excluding carboxylic acids is 1. The molecule has 4 nitrogen and oxygen atoms in total. The Bertz CT molecular complexity index is 941. The molecule has 0 radical (unpaired) electrons. The number of halogens is 3. The summed E-state index contributed by atoms with van der Waals surface area (Å²) in [5, 5.41) is 2.31. The van der Waals surface area contributed by atoms with Crippen LogP contribution in [-0.4, -0.2) is 17.9 Å². The molecule has 0 saturated heterocycles. The molecule has 144 valence electrons. The van der Waals surface area contributed by atoms with Gasteiger partial charge in [-0.25, -0.2) is 4.98 Å². The molecule has 0 aliphatic rings. The summed E-state index contributed by atoms with van der Waals surface area (Å²) in [7, 11) is 1.87. The number of alkyl halides is 3. The Morgan fingerprint density at radius 3 is 2.32 bits per heavy atom. The second-order valence-electron chi connectivity index (χ2n) is 6.24. The van der Waals surface area contributed by atoms with Gasteiger partial charge in [0.15, 0.2) is 0 Å². The first-order chi connectivity index (χ1) is 13.3. The van der Waals surface area contributed by atoms with Crippen molar-refractivity contribution < 1.29 is 18.0 Å². The number of amides is 1. The number of aromatic nitrogens is 1. The minimum atomic E-state index is -4.55. The Hall–Kier alpha value is -3.35. The fourth-order valence-electron chi connectivity index (χ4n) is 2.72. The zero-order valence-electron chi connectivity index (χ0n) is 15.1. The third-order valence-electron chi connectivity index (χ3n) is 4.14. The average Bonchev–Trinajstić information content (AvgIpc) is 2.68. The van der Waals surface area contributed by atoms with Crippen molar-refractivity contribution in [3.05, 3.63) is 89.6 Å². The van der Waals surface area contributed by atoms with Crippen LogP contribution in [0.1, 0.15) is 21.5 Å². The summed E-state index contributed by atoms with van der Waals surface area (Å²) >= 11 is 0. The molecule has 1 heterocycles. The Labute approximate surface area is 160 Å². The molecule has 0 aliphatic heterocycles. The van der Waals surface area contributed by atoms with Gasteiger partial charge in [0.2, 0.25) is 0 Å². The summed E-state index contributed by atoms with van der Waals surface area (Å²) in [5.41, 5.74) is 0.104. The molecular formula is C21H18F3N3O. The fourth-order valence-corrected chi connectivity index (χ4v) is 2.72. The fraction of sp³-hybridized carbons (Fsp3) is 0.143. The highest BCUT2D eigenvalue weighted by molar-refractivity contribution is 6.04. The number of rotatable bonds is 5. The van der Waals surface area contributed by atoms with E-state index in [2.05, 4.69) is 10.3 Å². The monoisotopic (exact) mass is 385 g/mol. The second-order valence-corrected chi connectivity index (χ2v) is 6.24. The highest BCUT2D eigenvalue weighted by Gasteiger charge is 2.33. The van der Waals surface area contributed by atoms with Crippen molar-refractivity contribution in [1.82, 2.24) is 4.98 Å². The number of carbonyl (C=O) groups is 1. The van der Waals surface area contributed by atoms with Gasteiger partial charge in [0, 0.05) is 19.8 Å². The molecule has 1 amide bonds. The molecule has 1 N–H and O–H groups in total. The SMILES string of the molecule is CN(Cc1ccccc1)c1ccc(C(=O)Nc2ccccc2C(F)(F)F)cn1. The standard InChI is InChI=1S/C21H18F3N3O/c1-27(14-15-7-3-2-4-8-15)19-12-11-16(13-25-19)20(28)26-18-10-6-5-9-17(18)21(22,23)24/h2-13H,14H2,1H3,(H,26,28). The molecule has 0 spiro atoms. The maximum absolute atomic E-state index is 13.1. The molecule has 0 unspecified atom stereocenters. The van der Waals surface area contributed by atoms with Crippen LogP contribution in [0.25, 0.3) is 0 Å². The molecule has 0 fully saturated rings. The van der Waals surface area contributed by atoms with Gasteiger partial charge in [-0.05, 0) is 29.8 Å². The average molecular weight is 385 g/mol. The van der Waals surface area contributed by atoms with Crippen LogP contribution in [0.2, 0.25) is 0 Å². The van der Waals surface area contributed by atoms with Gasteiger partial charge in [-0.2, -0.15) is 13.2 Å². The van der Waals surface area contributed by atoms with Crippen molar-refractivity contribution in [1.29, 1.82) is 0 Å². The summed E-state index contributed by atoms with van der Waals surface area (Å²) in [6, 6.07) is 17.9. The van der Waals surface area contributed by atoms with Gasteiger partial charge < -0.3 is 10.2 Å². The van der Waals surface area contributed by atoms with Crippen molar-refractivity contribution in [3.63, 3.8) is 0 Å². The van der Waals surface area contributed by atoms with Crippen LogP contribution in [0.5, 0.6) is 0 Å². The van der Waals surface area contributed by atoms with Crippen LogP contribution in [0.4, 0.5) is 24.7 Å². The van der Waals surface area contributed by atoms with Crippen LogP contribution in [0.3, 0.4) is 0 Å². The van der Waals surface area contributed by atoms with Gasteiger partial charge in [0.05, 0.1) is 16.8 Å². The lowest BCUT2D eigenvalue weighted by Crippen LogP contribution is -2.19. The van der Waals surface area contributed by atoms with E-state index < -0.39 is 17.6 Å². The summed E-state index contributed by atoms with van der Waals surface area (Å²) in [6.07, 6.45) is -3.20. The van der Waals surface area contributed by atoms with E-state index >= 15 is 0 Å². The lowest BCUT2D eigenvalue weighted by Gasteiger charge is -2.18. The minimum Gasteiger partial charge on any atom is -0.355 e. The molecule has 0 atom stereocenters. The molecule has 28 heavy (non-hydrogen) atoms. The predicted molar refractivity (Wildman–Crippen MR) is 102 cm³/mol. The van der Waals surface area contributed by atoms with Crippen molar-refractivity contribution in [2.45, 2.75) is 12.7 Å². The van der Waals surface area contributed by atoms with E-state index in [0.29, 0.717) is 12.4 Å². The number of hydrogen-bond donors (Lipinski definition) is 1. The largest absolute Gasteiger partial charge is 0.418 e. The molecular weight excluding hydrogens is 367 g/mol. The molecule has 7 heteroatoms. The third kappa shape index (κ3) is 4.68. The smallest absolute Gasteiger partial charge is 0.355 e. The topological polar surface area (TPSA) is 45.2 Å². The lowest BCUT2D eigenvalue weighted by molar-refractivity contribution is -0.136. The van der Waals surface area contributed by atoms with Crippen LogP contribution < -0.4 is 10.2 Å². The van der Waals surface area contributed by atoms with E-state index in [0.717, 1.165) is 11.6 Å². The predicted octanol–water partition coefficient (Wildman–Crippen LogP) is 4.99. The van der Waals surface area contributed by atoms with Crippen molar-refractivity contribution in [2.75, 3.05) is 17.3 Å². The van der Waals surface area contributed by atoms with E-state index in [4.69, 9.17) is 0 Å². The van der Waals surface area contributed by atoms with Gasteiger partial charge in [-0.3, -0.25) is 4.79 Å². The Morgan fingerprint density at radius 2 is 1.68 bits per heavy atom. The first kappa shape index (κ1) is 19.4. The Balaban J connectivity index is 1.71. The highest BCUT2D eigenvalue weighted by atomic mass is 19.4. The summed E-state index contributed by atoms with van der Waals surface area (Å²) < 4.78 is 39.2. The molecule has 0 bridgehead atoms. The first-order valence-electron chi connectivity index (χ1n) is 8.53. The highest BCUT2D eigenvalue weighted by Crippen LogP contribution is 2.34. The van der Waals surface area contributed by atoms with E-state index in [-0.39, 0.29) is 11.3 Å². The first-order valence-corrected chi connectivity index (χ1v) is 8.53. The molecule has 0 aliphatic carbocycles. The normalized spacial score (nSPS) is 11.1.